The Morgan fingerprint density at radius 1 is 1.36 bits per heavy atom. The van der Waals surface area contributed by atoms with Crippen LogP contribution in [-0.2, 0) is 19.7 Å². The summed E-state index contributed by atoms with van der Waals surface area (Å²) in [5.74, 6) is -0.897. The number of hydrogen-bond acceptors (Lipinski definition) is 3. The van der Waals surface area contributed by atoms with E-state index in [1.807, 2.05) is 0 Å². The van der Waals surface area contributed by atoms with Gasteiger partial charge in [0.2, 0.25) is 0 Å². The molecule has 0 unspecified atom stereocenters. The van der Waals surface area contributed by atoms with E-state index in [0.717, 1.165) is 0 Å². The highest BCUT2D eigenvalue weighted by molar-refractivity contribution is 5.77. The normalized spacial score (nSPS) is 11.8. The maximum absolute atomic E-state index is 10.9. The van der Waals surface area contributed by atoms with Crippen molar-refractivity contribution >= 4 is 5.97 Å². The van der Waals surface area contributed by atoms with Crippen LogP contribution in [0.1, 0.15) is 27.7 Å². The van der Waals surface area contributed by atoms with Crippen molar-refractivity contribution in [3.05, 3.63) is 0 Å². The average molecular weight is 161 g/mol. The van der Waals surface area contributed by atoms with E-state index < -0.39 is 11.6 Å². The van der Waals surface area contributed by atoms with Gasteiger partial charge in [0.25, 0.3) is 0 Å². The van der Waals surface area contributed by atoms with E-state index in [-0.39, 0.29) is 6.10 Å². The highest BCUT2D eigenvalue weighted by Crippen LogP contribution is 2.05. The molecular weight excluding hydrogens is 148 g/mol. The van der Waals surface area contributed by atoms with E-state index in [2.05, 4.69) is 9.78 Å². The van der Waals surface area contributed by atoms with Gasteiger partial charge in [-0.2, -0.15) is 4.89 Å². The quantitative estimate of drug-likeness (QED) is 0.459. The summed E-state index contributed by atoms with van der Waals surface area (Å²) >= 11 is 0. The van der Waals surface area contributed by atoms with Gasteiger partial charge in [0, 0.05) is 0 Å². The van der Waals surface area contributed by atoms with Crippen LogP contribution in [0.25, 0.3) is 0 Å². The smallest absolute Gasteiger partial charge is 0.295 e. The van der Waals surface area contributed by atoms with Gasteiger partial charge in [-0.3, -0.25) is 4.89 Å². The first-order valence-electron chi connectivity index (χ1n) is 3.42. The third-order valence-electron chi connectivity index (χ3n) is 0.808. The van der Waals surface area contributed by atoms with E-state index in [1.165, 1.54) is 13.8 Å². The van der Waals surface area contributed by atoms with Crippen LogP contribution in [0.4, 0.5) is 0 Å². The lowest BCUT2D eigenvalue weighted by atomic mass is 10.1. The number of rotatable bonds is 3. The molecule has 0 bridgehead atoms. The second-order valence-corrected chi connectivity index (χ2v) is 3.03. The van der Waals surface area contributed by atoms with E-state index in [9.17, 15) is 9.90 Å². The molecule has 0 aromatic heterocycles. The first kappa shape index (κ1) is 10.4. The second-order valence-electron chi connectivity index (χ2n) is 3.03. The molecule has 0 aliphatic rings. The Balaban J connectivity index is 3.71. The molecule has 0 spiro atoms. The van der Waals surface area contributed by atoms with E-state index in [0.29, 0.717) is 0 Å². The van der Waals surface area contributed by atoms with Gasteiger partial charge in [-0.25, -0.2) is 9.90 Å². The van der Waals surface area contributed by atoms with Gasteiger partial charge in [-0.15, -0.1) is 0 Å². The van der Waals surface area contributed by atoms with Crippen molar-refractivity contribution in [1.82, 2.24) is 0 Å². The van der Waals surface area contributed by atoms with Gasteiger partial charge in [0.15, 0.2) is 5.60 Å². The highest BCUT2D eigenvalue weighted by atomic mass is 17.2. The Morgan fingerprint density at radius 2 is 1.82 bits per heavy atom. The van der Waals surface area contributed by atoms with Crippen LogP contribution < -0.4 is 0 Å². The lowest BCUT2D eigenvalue weighted by Crippen LogP contribution is -2.32. The molecular formula is C7H13O4. The first-order chi connectivity index (χ1) is 4.84. The molecule has 0 aromatic rings. The maximum atomic E-state index is 10.9. The van der Waals surface area contributed by atoms with Gasteiger partial charge in [0.05, 0.1) is 6.10 Å². The number of carbonyl (C=O) groups is 1. The molecule has 11 heavy (non-hydrogen) atoms. The molecule has 1 radical (unpaired) electrons. The summed E-state index contributed by atoms with van der Waals surface area (Å²) in [6.45, 7) is 5.84. The Hall–Kier alpha value is -0.610. The molecule has 0 saturated carbocycles. The van der Waals surface area contributed by atoms with Gasteiger partial charge in [-0.05, 0) is 27.7 Å². The van der Waals surface area contributed by atoms with Gasteiger partial charge >= 0.3 is 5.97 Å². The summed E-state index contributed by atoms with van der Waals surface area (Å²) in [6, 6.07) is 0. The lowest BCUT2D eigenvalue weighted by Gasteiger charge is -2.12. The summed E-state index contributed by atoms with van der Waals surface area (Å²) in [7, 11) is 0. The third kappa shape index (κ3) is 4.75. The SMILES string of the molecule is CC(C)OOC(=O)C(C)(C)[O]. The van der Waals surface area contributed by atoms with E-state index >= 15 is 0 Å². The predicted molar refractivity (Wildman–Crippen MR) is 37.1 cm³/mol. The summed E-state index contributed by atoms with van der Waals surface area (Å²) in [4.78, 5) is 19.4. The fraction of sp³-hybridized carbons (Fsp3) is 0.857. The molecule has 0 aliphatic carbocycles. The number of hydrogen-bond donors (Lipinski definition) is 0. The second kappa shape index (κ2) is 3.69. The monoisotopic (exact) mass is 161 g/mol. The Kier molecular flexibility index (Phi) is 3.48. The summed E-state index contributed by atoms with van der Waals surface area (Å²) in [6.07, 6.45) is -0.221. The molecule has 65 valence electrons. The Bertz CT molecular complexity index is 134. The maximum Gasteiger partial charge on any atom is 0.376 e. The fourth-order valence-electron chi connectivity index (χ4n) is 0.240. The van der Waals surface area contributed by atoms with Crippen molar-refractivity contribution in [2.45, 2.75) is 39.4 Å². The number of carbonyl (C=O) groups excluding carboxylic acids is 1. The summed E-state index contributed by atoms with van der Waals surface area (Å²) in [5, 5.41) is 10.9. The molecule has 0 aromatic carbocycles. The topological polar surface area (TPSA) is 55.4 Å². The minimum atomic E-state index is -1.74. The van der Waals surface area contributed by atoms with Crippen LogP contribution in [0.15, 0.2) is 0 Å². The van der Waals surface area contributed by atoms with Crippen LogP contribution in [-0.4, -0.2) is 17.7 Å². The van der Waals surface area contributed by atoms with Crippen molar-refractivity contribution in [1.29, 1.82) is 0 Å². The molecule has 0 amide bonds. The molecule has 0 atom stereocenters. The lowest BCUT2D eigenvalue weighted by molar-refractivity contribution is -0.303. The highest BCUT2D eigenvalue weighted by Gasteiger charge is 2.29. The average Bonchev–Trinajstić information content (AvgIpc) is 1.80. The van der Waals surface area contributed by atoms with Crippen molar-refractivity contribution in [2.75, 3.05) is 0 Å². The van der Waals surface area contributed by atoms with Crippen molar-refractivity contribution in [3.63, 3.8) is 0 Å². The largest absolute Gasteiger partial charge is 0.376 e. The van der Waals surface area contributed by atoms with Crippen LogP contribution in [0.3, 0.4) is 0 Å². The van der Waals surface area contributed by atoms with Gasteiger partial charge in [-0.1, -0.05) is 0 Å². The van der Waals surface area contributed by atoms with Crippen molar-refractivity contribution in [3.8, 4) is 0 Å². The molecule has 0 heterocycles. The van der Waals surface area contributed by atoms with Crippen LogP contribution in [0, 0.1) is 0 Å². The molecule has 0 rings (SSSR count). The van der Waals surface area contributed by atoms with Crippen molar-refractivity contribution < 1.29 is 19.7 Å². The zero-order valence-corrected chi connectivity index (χ0v) is 7.21. The Morgan fingerprint density at radius 3 is 2.09 bits per heavy atom. The first-order valence-corrected chi connectivity index (χ1v) is 3.42. The van der Waals surface area contributed by atoms with Crippen LogP contribution in [0.2, 0.25) is 0 Å². The summed E-state index contributed by atoms with van der Waals surface area (Å²) in [5.41, 5.74) is -1.74. The van der Waals surface area contributed by atoms with E-state index in [1.54, 1.807) is 13.8 Å². The van der Waals surface area contributed by atoms with Crippen molar-refractivity contribution in [2.24, 2.45) is 0 Å². The molecule has 4 nitrogen and oxygen atoms in total. The molecule has 4 heteroatoms. The van der Waals surface area contributed by atoms with Gasteiger partial charge < -0.3 is 0 Å². The summed E-state index contributed by atoms with van der Waals surface area (Å²) < 4.78 is 0. The Labute approximate surface area is 66.0 Å². The molecule has 0 aliphatic heterocycles. The zero-order chi connectivity index (χ0) is 9.07. The standard InChI is InChI=1S/C7H13O4/c1-5(2)10-11-6(8)7(3,4)9/h5H,1-4H3. The minimum absolute atomic E-state index is 0.221. The third-order valence-corrected chi connectivity index (χ3v) is 0.808. The van der Waals surface area contributed by atoms with Gasteiger partial charge in [0.1, 0.15) is 0 Å². The molecule has 0 fully saturated rings. The predicted octanol–water partition coefficient (Wildman–Crippen LogP) is 1.08. The molecule has 0 N–H and O–H groups in total. The van der Waals surface area contributed by atoms with Crippen LogP contribution in [0.5, 0.6) is 0 Å². The van der Waals surface area contributed by atoms with E-state index in [4.69, 9.17) is 0 Å². The minimum Gasteiger partial charge on any atom is -0.295 e. The molecule has 0 saturated heterocycles. The fourth-order valence-corrected chi connectivity index (χ4v) is 0.240. The zero-order valence-electron chi connectivity index (χ0n) is 7.21. The van der Waals surface area contributed by atoms with Crippen LogP contribution >= 0.6 is 0 Å².